The van der Waals surface area contributed by atoms with E-state index >= 15 is 0 Å². The number of hydrogen-bond acceptors (Lipinski definition) is 2. The summed E-state index contributed by atoms with van der Waals surface area (Å²) in [4.78, 5) is 11.6. The summed E-state index contributed by atoms with van der Waals surface area (Å²) in [6, 6.07) is 0.423. The van der Waals surface area contributed by atoms with Gasteiger partial charge in [-0.1, -0.05) is 26.7 Å². The average Bonchev–Trinajstić information content (AvgIpc) is 2.72. The molecule has 4 heteroatoms. The Hall–Kier alpha value is -0.280. The van der Waals surface area contributed by atoms with Crippen LogP contribution in [-0.2, 0) is 4.79 Å². The maximum absolute atomic E-state index is 11.6. The van der Waals surface area contributed by atoms with Gasteiger partial charge in [0.05, 0.1) is 0 Å². The van der Waals surface area contributed by atoms with Gasteiger partial charge in [0.1, 0.15) is 0 Å². The van der Waals surface area contributed by atoms with Crippen LogP contribution in [0.2, 0.25) is 0 Å². The monoisotopic (exact) mass is 248 g/mol. The zero-order valence-corrected chi connectivity index (χ0v) is 11.2. The lowest BCUT2D eigenvalue weighted by molar-refractivity contribution is -0.121. The molecule has 0 saturated carbocycles. The Morgan fingerprint density at radius 2 is 2.12 bits per heavy atom. The Morgan fingerprint density at radius 3 is 2.62 bits per heavy atom. The summed E-state index contributed by atoms with van der Waals surface area (Å²) in [5.41, 5.74) is 0. The maximum Gasteiger partial charge on any atom is 0.221 e. The normalized spacial score (nSPS) is 19.6. The molecular weight excluding hydrogens is 224 g/mol. The molecule has 0 bridgehead atoms. The van der Waals surface area contributed by atoms with Gasteiger partial charge < -0.3 is 10.6 Å². The summed E-state index contributed by atoms with van der Waals surface area (Å²) < 4.78 is 0. The van der Waals surface area contributed by atoms with Crippen molar-refractivity contribution in [3.63, 3.8) is 0 Å². The van der Waals surface area contributed by atoms with E-state index in [1.165, 1.54) is 6.42 Å². The van der Waals surface area contributed by atoms with Crippen molar-refractivity contribution in [1.82, 2.24) is 10.6 Å². The van der Waals surface area contributed by atoms with Gasteiger partial charge in [0.25, 0.3) is 0 Å². The van der Waals surface area contributed by atoms with Crippen molar-refractivity contribution in [3.05, 3.63) is 0 Å². The topological polar surface area (TPSA) is 41.1 Å². The van der Waals surface area contributed by atoms with E-state index in [2.05, 4.69) is 24.5 Å². The fraction of sp³-hybridized carbons (Fsp3) is 0.917. The smallest absolute Gasteiger partial charge is 0.221 e. The Morgan fingerprint density at radius 1 is 1.44 bits per heavy atom. The zero-order chi connectivity index (χ0) is 11.1. The first-order chi connectivity index (χ1) is 7.26. The average molecular weight is 249 g/mol. The molecule has 1 fully saturated rings. The van der Waals surface area contributed by atoms with Crippen LogP contribution in [0.3, 0.4) is 0 Å². The Bertz CT molecular complexity index is 189. The maximum atomic E-state index is 11.6. The molecule has 1 amide bonds. The van der Waals surface area contributed by atoms with Gasteiger partial charge in [-0.05, 0) is 25.3 Å². The Balaban J connectivity index is 0.00000225. The SMILES string of the molecule is CCC(CC)CNC(=O)CC1CCCN1.Cl. The van der Waals surface area contributed by atoms with E-state index < -0.39 is 0 Å². The van der Waals surface area contributed by atoms with Gasteiger partial charge in [0.2, 0.25) is 5.91 Å². The third-order valence-electron chi connectivity index (χ3n) is 3.34. The first-order valence-electron chi connectivity index (χ1n) is 6.26. The van der Waals surface area contributed by atoms with Crippen molar-refractivity contribution in [2.24, 2.45) is 5.92 Å². The van der Waals surface area contributed by atoms with Gasteiger partial charge in [-0.2, -0.15) is 0 Å². The van der Waals surface area contributed by atoms with E-state index in [-0.39, 0.29) is 18.3 Å². The van der Waals surface area contributed by atoms with Crippen molar-refractivity contribution >= 4 is 18.3 Å². The number of rotatable bonds is 6. The second-order valence-electron chi connectivity index (χ2n) is 4.48. The molecule has 2 N–H and O–H groups in total. The minimum absolute atomic E-state index is 0. The Labute approximate surface area is 105 Å². The first-order valence-corrected chi connectivity index (χ1v) is 6.26. The van der Waals surface area contributed by atoms with Gasteiger partial charge >= 0.3 is 0 Å². The van der Waals surface area contributed by atoms with Crippen LogP contribution in [0, 0.1) is 5.92 Å². The van der Waals surface area contributed by atoms with Gasteiger partial charge in [0, 0.05) is 19.0 Å². The van der Waals surface area contributed by atoms with Crippen molar-refractivity contribution in [2.75, 3.05) is 13.1 Å². The minimum atomic E-state index is 0. The van der Waals surface area contributed by atoms with E-state index in [1.807, 2.05) is 0 Å². The highest BCUT2D eigenvalue weighted by molar-refractivity contribution is 5.85. The second-order valence-corrected chi connectivity index (χ2v) is 4.48. The molecule has 1 aliphatic heterocycles. The van der Waals surface area contributed by atoms with E-state index in [9.17, 15) is 4.79 Å². The molecule has 96 valence electrons. The predicted molar refractivity (Wildman–Crippen MR) is 70.0 cm³/mol. The molecule has 0 radical (unpaired) electrons. The van der Waals surface area contributed by atoms with E-state index in [4.69, 9.17) is 0 Å². The minimum Gasteiger partial charge on any atom is -0.356 e. The van der Waals surface area contributed by atoms with Crippen LogP contribution in [0.5, 0.6) is 0 Å². The summed E-state index contributed by atoms with van der Waals surface area (Å²) in [7, 11) is 0. The number of carbonyl (C=O) groups is 1. The molecule has 1 rings (SSSR count). The van der Waals surface area contributed by atoms with Gasteiger partial charge in [-0.3, -0.25) is 4.79 Å². The molecular formula is C12H25ClN2O. The van der Waals surface area contributed by atoms with Crippen LogP contribution in [0.15, 0.2) is 0 Å². The van der Waals surface area contributed by atoms with Crippen LogP contribution >= 0.6 is 12.4 Å². The largest absolute Gasteiger partial charge is 0.356 e. The summed E-state index contributed by atoms with van der Waals surface area (Å²) in [5.74, 6) is 0.854. The lowest BCUT2D eigenvalue weighted by Gasteiger charge is -2.15. The zero-order valence-electron chi connectivity index (χ0n) is 10.4. The summed E-state index contributed by atoms with van der Waals surface area (Å²) in [5, 5.41) is 6.37. The highest BCUT2D eigenvalue weighted by Crippen LogP contribution is 2.09. The number of carbonyl (C=O) groups excluding carboxylic acids is 1. The van der Waals surface area contributed by atoms with Gasteiger partial charge in [0.15, 0.2) is 0 Å². The molecule has 0 aromatic rings. The lowest BCUT2D eigenvalue weighted by atomic mass is 10.0. The Kier molecular flexibility index (Phi) is 8.67. The van der Waals surface area contributed by atoms with Crippen LogP contribution in [-0.4, -0.2) is 25.0 Å². The summed E-state index contributed by atoms with van der Waals surface area (Å²) >= 11 is 0. The highest BCUT2D eigenvalue weighted by atomic mass is 35.5. The van der Waals surface area contributed by atoms with E-state index in [0.29, 0.717) is 18.4 Å². The molecule has 1 unspecified atom stereocenters. The quantitative estimate of drug-likeness (QED) is 0.756. The molecule has 0 spiro atoms. The van der Waals surface area contributed by atoms with Crippen molar-refractivity contribution < 1.29 is 4.79 Å². The van der Waals surface area contributed by atoms with Crippen LogP contribution in [0.25, 0.3) is 0 Å². The molecule has 16 heavy (non-hydrogen) atoms. The molecule has 0 aromatic carbocycles. The fourth-order valence-electron chi connectivity index (χ4n) is 2.06. The lowest BCUT2D eigenvalue weighted by Crippen LogP contribution is -2.34. The number of hydrogen-bond donors (Lipinski definition) is 2. The standard InChI is InChI=1S/C12H24N2O.ClH/c1-3-10(4-2)9-14-12(15)8-11-6-5-7-13-11;/h10-11,13H,3-9H2,1-2H3,(H,14,15);1H. The first kappa shape index (κ1) is 15.7. The number of nitrogens with one attached hydrogen (secondary N) is 2. The van der Waals surface area contributed by atoms with Crippen molar-refractivity contribution in [2.45, 2.75) is 52.0 Å². The third kappa shape index (κ3) is 5.71. The van der Waals surface area contributed by atoms with Gasteiger partial charge in [-0.15, -0.1) is 12.4 Å². The predicted octanol–water partition coefficient (Wildman–Crippen LogP) is 2.10. The number of halogens is 1. The molecule has 1 saturated heterocycles. The van der Waals surface area contributed by atoms with Crippen molar-refractivity contribution in [3.8, 4) is 0 Å². The van der Waals surface area contributed by atoms with Gasteiger partial charge in [-0.25, -0.2) is 0 Å². The number of amides is 1. The summed E-state index contributed by atoms with van der Waals surface area (Å²) in [6.07, 6.45) is 5.32. The second kappa shape index (κ2) is 8.82. The fourth-order valence-corrected chi connectivity index (χ4v) is 2.06. The molecule has 1 atom stereocenters. The van der Waals surface area contributed by atoms with Crippen LogP contribution in [0.4, 0.5) is 0 Å². The van der Waals surface area contributed by atoms with Crippen LogP contribution in [0.1, 0.15) is 46.0 Å². The molecule has 0 aliphatic carbocycles. The van der Waals surface area contributed by atoms with E-state index in [0.717, 1.165) is 32.4 Å². The van der Waals surface area contributed by atoms with E-state index in [1.54, 1.807) is 0 Å². The van der Waals surface area contributed by atoms with Crippen LogP contribution < -0.4 is 10.6 Å². The molecule has 1 heterocycles. The summed E-state index contributed by atoms with van der Waals surface area (Å²) in [6.45, 7) is 6.28. The third-order valence-corrected chi connectivity index (χ3v) is 3.34. The highest BCUT2D eigenvalue weighted by Gasteiger charge is 2.17. The molecule has 3 nitrogen and oxygen atoms in total. The molecule has 1 aliphatic rings. The van der Waals surface area contributed by atoms with Crippen molar-refractivity contribution in [1.29, 1.82) is 0 Å². The molecule has 0 aromatic heterocycles.